The summed E-state index contributed by atoms with van der Waals surface area (Å²) in [6.07, 6.45) is 0. The Hall–Kier alpha value is -3.06. The largest absolute Gasteiger partial charge is 0.496 e. The lowest BCUT2D eigenvalue weighted by molar-refractivity contribution is 0.418. The lowest BCUT2D eigenvalue weighted by Crippen LogP contribution is -2.47. The smallest absolute Gasteiger partial charge is 0.128 e. The van der Waals surface area contributed by atoms with E-state index in [-0.39, 0.29) is 21.9 Å². The number of hydrogen-bond acceptors (Lipinski definition) is 4. The van der Waals surface area contributed by atoms with Gasteiger partial charge in [0.2, 0.25) is 0 Å². The van der Waals surface area contributed by atoms with E-state index < -0.39 is 15.8 Å². The average molecular weight is 597 g/mol. The average Bonchev–Trinajstić information content (AvgIpc) is 3.51. The first-order valence-electron chi connectivity index (χ1n) is 14.7. The van der Waals surface area contributed by atoms with Crippen LogP contribution in [0.2, 0.25) is 0 Å². The second-order valence-corrected chi connectivity index (χ2v) is 19.1. The summed E-state index contributed by atoms with van der Waals surface area (Å²) in [4.78, 5) is 5.32. The van der Waals surface area contributed by atoms with Gasteiger partial charge in [-0.3, -0.25) is 0 Å². The summed E-state index contributed by atoms with van der Waals surface area (Å²) in [5.74, 6) is 2.38. The number of nitrogens with zero attached hydrogens (tertiary/aromatic N) is 2. The third-order valence-corrected chi connectivity index (χ3v) is 15.3. The molecule has 0 aromatic heterocycles. The lowest BCUT2D eigenvalue weighted by Gasteiger charge is -2.47. The maximum Gasteiger partial charge on any atom is 0.128 e. The highest BCUT2D eigenvalue weighted by Crippen LogP contribution is 2.73. The first kappa shape index (κ1) is 29.0. The highest BCUT2D eigenvalue weighted by molar-refractivity contribution is 7.73. The van der Waals surface area contributed by atoms with Gasteiger partial charge in [-0.1, -0.05) is 90.1 Å². The van der Waals surface area contributed by atoms with E-state index in [1.165, 1.54) is 33.4 Å². The van der Waals surface area contributed by atoms with Gasteiger partial charge in [0.25, 0.3) is 0 Å². The molecular weight excluding hydrogens is 554 g/mol. The normalized spacial score (nSPS) is 21.7. The molecule has 0 saturated carbocycles. The SMILES string of the molecule is COc1cccc2c1[P@@](C(C)(C)C)C(C1N(c3ccccc3)c3cccc(OC)c3[P@@]1C(C)(C)C)N2c1ccccc1. The van der Waals surface area contributed by atoms with Crippen molar-refractivity contribution in [3.8, 4) is 11.5 Å². The summed E-state index contributed by atoms with van der Waals surface area (Å²) in [7, 11) is 2.16. The maximum absolute atomic E-state index is 6.14. The molecule has 0 saturated heterocycles. The minimum Gasteiger partial charge on any atom is -0.496 e. The van der Waals surface area contributed by atoms with Crippen LogP contribution in [0.15, 0.2) is 97.1 Å². The summed E-state index contributed by atoms with van der Waals surface area (Å²) >= 11 is 0. The van der Waals surface area contributed by atoms with Gasteiger partial charge < -0.3 is 19.3 Å². The summed E-state index contributed by atoms with van der Waals surface area (Å²) in [6, 6.07) is 35.2. The Balaban J connectivity index is 1.71. The molecule has 2 unspecified atom stereocenters. The van der Waals surface area contributed by atoms with Gasteiger partial charge in [-0.25, -0.2) is 0 Å². The minimum absolute atomic E-state index is 0.0209. The molecule has 2 aliphatic heterocycles. The molecule has 0 spiro atoms. The fourth-order valence-corrected chi connectivity index (χ4v) is 14.5. The van der Waals surface area contributed by atoms with E-state index in [0.717, 1.165) is 11.5 Å². The molecule has 2 heterocycles. The van der Waals surface area contributed by atoms with Crippen molar-refractivity contribution >= 4 is 49.2 Å². The van der Waals surface area contributed by atoms with Crippen molar-refractivity contribution in [1.29, 1.82) is 0 Å². The summed E-state index contributed by atoms with van der Waals surface area (Å²) < 4.78 is 12.3. The van der Waals surface area contributed by atoms with Gasteiger partial charge in [0.1, 0.15) is 11.5 Å². The van der Waals surface area contributed by atoms with E-state index in [9.17, 15) is 0 Å². The van der Waals surface area contributed by atoms with Crippen molar-refractivity contribution in [2.75, 3.05) is 24.0 Å². The molecular formula is C36H42N2O2P2. The Morgan fingerprint density at radius 2 is 0.857 bits per heavy atom. The molecule has 4 aromatic rings. The van der Waals surface area contributed by atoms with Crippen LogP contribution in [0.4, 0.5) is 22.7 Å². The Morgan fingerprint density at radius 1 is 0.500 bits per heavy atom. The lowest BCUT2D eigenvalue weighted by atomic mass is 10.2. The number of para-hydroxylation sites is 2. The number of fused-ring (bicyclic) bond motifs is 2. The molecule has 0 aliphatic carbocycles. The van der Waals surface area contributed by atoms with Crippen LogP contribution in [-0.2, 0) is 0 Å². The number of anilines is 4. The fraction of sp³-hybridized carbons (Fsp3) is 0.333. The third kappa shape index (κ3) is 4.68. The summed E-state index contributed by atoms with van der Waals surface area (Å²) in [6.45, 7) is 14.5. The van der Waals surface area contributed by atoms with Crippen molar-refractivity contribution in [2.24, 2.45) is 0 Å². The van der Waals surface area contributed by atoms with Gasteiger partial charge in [0.15, 0.2) is 0 Å². The number of ether oxygens (including phenoxy) is 2. The monoisotopic (exact) mass is 596 g/mol. The molecule has 4 atom stereocenters. The number of methoxy groups -OCH3 is 2. The number of benzene rings is 4. The van der Waals surface area contributed by atoms with Crippen molar-refractivity contribution in [3.05, 3.63) is 97.1 Å². The topological polar surface area (TPSA) is 24.9 Å². The van der Waals surface area contributed by atoms with Crippen molar-refractivity contribution < 1.29 is 9.47 Å². The molecule has 0 N–H and O–H groups in total. The zero-order valence-corrected chi connectivity index (χ0v) is 27.8. The molecule has 6 heteroatoms. The molecule has 4 nitrogen and oxygen atoms in total. The summed E-state index contributed by atoms with van der Waals surface area (Å²) in [5.41, 5.74) is 5.00. The van der Waals surface area contributed by atoms with E-state index in [4.69, 9.17) is 9.47 Å². The highest BCUT2D eigenvalue weighted by atomic mass is 31.1. The Morgan fingerprint density at radius 3 is 1.17 bits per heavy atom. The van der Waals surface area contributed by atoms with Crippen LogP contribution < -0.4 is 29.9 Å². The van der Waals surface area contributed by atoms with E-state index in [2.05, 4.69) is 148 Å². The van der Waals surface area contributed by atoms with Crippen LogP contribution in [0, 0.1) is 0 Å². The van der Waals surface area contributed by atoms with Crippen LogP contribution in [0.3, 0.4) is 0 Å². The first-order chi connectivity index (χ1) is 20.1. The molecule has 0 fully saturated rings. The zero-order valence-electron chi connectivity index (χ0n) is 26.0. The fourth-order valence-electron chi connectivity index (χ4n) is 6.76. The van der Waals surface area contributed by atoms with Crippen molar-refractivity contribution in [1.82, 2.24) is 0 Å². The molecule has 42 heavy (non-hydrogen) atoms. The van der Waals surface area contributed by atoms with Crippen LogP contribution in [0.25, 0.3) is 0 Å². The molecule has 2 aliphatic rings. The maximum atomic E-state index is 6.14. The van der Waals surface area contributed by atoms with E-state index in [1.54, 1.807) is 0 Å². The standard InChI is InChI=1S/C36H42N2O2P2/c1-35(2,3)41-31-27(21-15-23-29(31)39-7)37(25-17-11-9-12-18-25)33(41)34-38(26-19-13-10-14-20-26)28-22-16-24-30(40-8)32(28)42(34)36(4,5)6/h9-24,33-34H,1-8H3/t33?,34?,41-,42-/m1/s1. The number of rotatable bonds is 5. The minimum atomic E-state index is -0.739. The van der Waals surface area contributed by atoms with Gasteiger partial charge >= 0.3 is 0 Å². The molecule has 218 valence electrons. The van der Waals surface area contributed by atoms with Gasteiger partial charge in [0, 0.05) is 22.0 Å². The number of hydrogen-bond donors (Lipinski definition) is 0. The van der Waals surface area contributed by atoms with Crippen molar-refractivity contribution in [3.63, 3.8) is 0 Å². The van der Waals surface area contributed by atoms with E-state index in [1.807, 2.05) is 14.2 Å². The third-order valence-electron chi connectivity index (χ3n) is 8.24. The van der Waals surface area contributed by atoms with Crippen LogP contribution >= 0.6 is 15.8 Å². The van der Waals surface area contributed by atoms with E-state index >= 15 is 0 Å². The molecule has 0 amide bonds. The first-order valence-corrected chi connectivity index (χ1v) is 17.5. The van der Waals surface area contributed by atoms with Crippen LogP contribution in [-0.4, -0.2) is 36.1 Å². The second kappa shape index (κ2) is 10.9. The molecule has 4 aromatic carbocycles. The predicted molar refractivity (Wildman–Crippen MR) is 183 cm³/mol. The Bertz CT molecular complexity index is 1440. The highest BCUT2D eigenvalue weighted by Gasteiger charge is 2.58. The predicted octanol–water partition coefficient (Wildman–Crippen LogP) is 9.17. The van der Waals surface area contributed by atoms with Gasteiger partial charge in [-0.05, 0) is 74.7 Å². The van der Waals surface area contributed by atoms with Crippen LogP contribution in [0.1, 0.15) is 41.5 Å². The second-order valence-electron chi connectivity index (χ2n) is 13.0. The molecule has 0 radical (unpaired) electrons. The van der Waals surface area contributed by atoms with Crippen molar-refractivity contribution in [2.45, 2.75) is 63.4 Å². The van der Waals surface area contributed by atoms with Gasteiger partial charge in [0.05, 0.1) is 37.2 Å². The Labute approximate surface area is 254 Å². The van der Waals surface area contributed by atoms with Gasteiger partial charge in [-0.15, -0.1) is 0 Å². The summed E-state index contributed by atoms with van der Waals surface area (Å²) in [5, 5.41) is 2.78. The molecule has 0 bridgehead atoms. The quantitative estimate of drug-likeness (QED) is 0.215. The molecule has 6 rings (SSSR count). The van der Waals surface area contributed by atoms with Crippen LogP contribution in [0.5, 0.6) is 11.5 Å². The van der Waals surface area contributed by atoms with E-state index in [0.29, 0.717) is 0 Å². The Kier molecular flexibility index (Phi) is 7.53. The van der Waals surface area contributed by atoms with Gasteiger partial charge in [-0.2, -0.15) is 0 Å². The zero-order chi connectivity index (χ0) is 29.8.